The van der Waals surface area contributed by atoms with Crippen molar-refractivity contribution < 1.29 is 30.6 Å². The van der Waals surface area contributed by atoms with E-state index in [1.54, 1.807) is 6.20 Å². The van der Waals surface area contributed by atoms with Crippen molar-refractivity contribution in [1.29, 1.82) is 0 Å². The average molecular weight is 566 g/mol. The van der Waals surface area contributed by atoms with Gasteiger partial charge in [-0.05, 0) is 31.4 Å². The first-order chi connectivity index (χ1) is 18.1. The molecule has 3 N–H and O–H groups in total. The van der Waals surface area contributed by atoms with Crippen molar-refractivity contribution >= 4 is 32.1 Å². The van der Waals surface area contributed by atoms with Crippen molar-refractivity contribution in [3.63, 3.8) is 0 Å². The Morgan fingerprint density at radius 1 is 1.16 bits per heavy atom. The van der Waals surface area contributed by atoms with Crippen LogP contribution in [0, 0.1) is 0 Å². The van der Waals surface area contributed by atoms with E-state index in [2.05, 4.69) is 25.9 Å². The lowest BCUT2D eigenvalue weighted by Gasteiger charge is -2.33. The highest BCUT2D eigenvalue weighted by Crippen LogP contribution is 2.28. The summed E-state index contributed by atoms with van der Waals surface area (Å²) in [4.78, 5) is 32.9. The van der Waals surface area contributed by atoms with Crippen LogP contribution in [0.15, 0.2) is 35.4 Å². The van der Waals surface area contributed by atoms with Gasteiger partial charge in [0.1, 0.15) is 17.5 Å². The van der Waals surface area contributed by atoms with Crippen LogP contribution in [-0.4, -0.2) is 76.4 Å². The van der Waals surface area contributed by atoms with Crippen LogP contribution in [0.4, 0.5) is 0 Å². The Morgan fingerprint density at radius 2 is 1.89 bits per heavy atom. The first-order valence-electron chi connectivity index (χ1n) is 12.3. The van der Waals surface area contributed by atoms with Gasteiger partial charge >= 0.3 is 0 Å². The van der Waals surface area contributed by atoms with E-state index in [0.717, 1.165) is 23.9 Å². The van der Waals surface area contributed by atoms with E-state index < -0.39 is 31.4 Å². The van der Waals surface area contributed by atoms with Gasteiger partial charge in [0, 0.05) is 55.0 Å². The van der Waals surface area contributed by atoms with Crippen LogP contribution in [-0.2, 0) is 41.8 Å². The number of benzene rings is 1. The van der Waals surface area contributed by atoms with E-state index in [1.165, 1.54) is 24.3 Å². The van der Waals surface area contributed by atoms with E-state index in [0.29, 0.717) is 43.6 Å². The highest BCUT2D eigenvalue weighted by Gasteiger charge is 2.38. The third-order valence-electron chi connectivity index (χ3n) is 6.52. The minimum absolute atomic E-state index is 0.0501. The Balaban J connectivity index is 1.42. The molecular weight excluding hydrogens is 534 g/mol. The lowest BCUT2D eigenvalue weighted by atomic mass is 9.92. The average Bonchev–Trinajstić information content (AvgIpc) is 2.88. The Kier molecular flexibility index (Phi) is 8.88. The fraction of sp³-hybridized carbons (Fsp3) is 0.500. The third-order valence-corrected chi connectivity index (χ3v) is 9.20. The third kappa shape index (κ3) is 6.99. The van der Waals surface area contributed by atoms with Crippen LogP contribution < -0.4 is 16.0 Å². The van der Waals surface area contributed by atoms with E-state index in [9.17, 15) is 26.4 Å². The SMILES string of the molecule is CS(=O)(=O)OCCc1ncc2c(n1)CCCC2NC(=O)CC1NCCNC1S(=O)(=O)c1ccc(C=O)cc1. The summed E-state index contributed by atoms with van der Waals surface area (Å²) in [5, 5.41) is 8.18. The summed E-state index contributed by atoms with van der Waals surface area (Å²) < 4.78 is 53.7. The quantitative estimate of drug-likeness (QED) is 0.262. The van der Waals surface area contributed by atoms with Crippen molar-refractivity contribution in [2.24, 2.45) is 0 Å². The van der Waals surface area contributed by atoms with Crippen LogP contribution in [0.2, 0.25) is 0 Å². The number of nitrogens with zero attached hydrogens (tertiary/aromatic N) is 2. The fourth-order valence-corrected chi connectivity index (χ4v) is 6.86. The van der Waals surface area contributed by atoms with Crippen LogP contribution in [0.1, 0.15) is 52.7 Å². The van der Waals surface area contributed by atoms with Crippen molar-refractivity contribution in [1.82, 2.24) is 25.9 Å². The molecule has 1 aromatic heterocycles. The molecule has 2 heterocycles. The number of nitrogens with one attached hydrogen (secondary N) is 3. The lowest BCUT2D eigenvalue weighted by molar-refractivity contribution is -0.122. The van der Waals surface area contributed by atoms with Crippen molar-refractivity contribution in [3.05, 3.63) is 53.1 Å². The smallest absolute Gasteiger partial charge is 0.264 e. The van der Waals surface area contributed by atoms with Crippen LogP contribution in [0.5, 0.6) is 0 Å². The minimum atomic E-state index is -3.82. The summed E-state index contributed by atoms with van der Waals surface area (Å²) in [6, 6.07) is 4.72. The predicted octanol–water partition coefficient (Wildman–Crippen LogP) is 0.0529. The molecule has 0 saturated carbocycles. The van der Waals surface area contributed by atoms with Gasteiger partial charge in [0.25, 0.3) is 10.1 Å². The number of carbonyl (C=O) groups excluding carboxylic acids is 2. The first kappa shape index (κ1) is 28.2. The fourth-order valence-electron chi connectivity index (χ4n) is 4.71. The zero-order valence-electron chi connectivity index (χ0n) is 20.9. The Morgan fingerprint density at radius 3 is 2.61 bits per heavy atom. The van der Waals surface area contributed by atoms with Crippen LogP contribution in [0.25, 0.3) is 0 Å². The molecule has 1 aliphatic heterocycles. The van der Waals surface area contributed by atoms with Crippen LogP contribution >= 0.6 is 0 Å². The van der Waals surface area contributed by atoms with Crippen molar-refractivity contribution in [2.45, 2.75) is 54.5 Å². The largest absolute Gasteiger partial charge is 0.349 e. The summed E-state index contributed by atoms with van der Waals surface area (Å²) in [5.41, 5.74) is 1.97. The zero-order valence-corrected chi connectivity index (χ0v) is 22.6. The van der Waals surface area contributed by atoms with Gasteiger partial charge in [-0.3, -0.25) is 19.1 Å². The number of fused-ring (bicyclic) bond motifs is 1. The Bertz CT molecular complexity index is 1380. The molecule has 206 valence electrons. The van der Waals surface area contributed by atoms with E-state index in [-0.39, 0.29) is 36.3 Å². The standard InChI is InChI=1S/C24H31N5O7S2/c1-37(32,33)36-12-9-22-27-14-18-19(28-22)3-2-4-20(18)29-23(31)13-21-24(26-11-10-25-21)38(34,35)17-7-5-16(15-30)6-8-17/h5-8,14-15,20-21,24-26H,2-4,9-13H2,1H3,(H,29,31). The van der Waals surface area contributed by atoms with Crippen LogP contribution in [0.3, 0.4) is 0 Å². The second-order valence-corrected chi connectivity index (χ2v) is 13.1. The molecule has 3 unspecified atom stereocenters. The number of aromatic nitrogens is 2. The van der Waals surface area contributed by atoms with E-state index in [4.69, 9.17) is 4.18 Å². The maximum Gasteiger partial charge on any atom is 0.264 e. The Hall–Kier alpha value is -2.78. The normalized spacial score (nSPS) is 21.9. The number of piperazine rings is 1. The molecule has 1 fully saturated rings. The number of carbonyl (C=O) groups is 2. The number of aryl methyl sites for hydroxylation is 1. The molecule has 0 spiro atoms. The number of amides is 1. The molecule has 4 rings (SSSR count). The Labute approximate surface area is 222 Å². The lowest BCUT2D eigenvalue weighted by Crippen LogP contribution is -2.60. The molecule has 2 aromatic rings. The minimum Gasteiger partial charge on any atom is -0.349 e. The summed E-state index contributed by atoms with van der Waals surface area (Å²) in [5.74, 6) is 0.164. The maximum atomic E-state index is 13.3. The molecule has 12 nitrogen and oxygen atoms in total. The van der Waals surface area contributed by atoms with Crippen molar-refractivity contribution in [3.8, 4) is 0 Å². The summed E-state index contributed by atoms with van der Waals surface area (Å²) in [7, 11) is -7.36. The second-order valence-electron chi connectivity index (χ2n) is 9.35. The highest BCUT2D eigenvalue weighted by molar-refractivity contribution is 7.92. The molecule has 0 radical (unpaired) electrons. The molecule has 14 heteroatoms. The topological polar surface area (TPSA) is 174 Å². The molecule has 38 heavy (non-hydrogen) atoms. The van der Waals surface area contributed by atoms with Gasteiger partial charge in [-0.25, -0.2) is 18.4 Å². The number of hydrogen-bond acceptors (Lipinski definition) is 11. The van der Waals surface area contributed by atoms with Gasteiger partial charge in [-0.2, -0.15) is 8.42 Å². The molecular formula is C24H31N5O7S2. The predicted molar refractivity (Wildman–Crippen MR) is 138 cm³/mol. The number of aldehydes is 1. The molecule has 1 aliphatic carbocycles. The monoisotopic (exact) mass is 565 g/mol. The number of sulfone groups is 1. The number of rotatable bonds is 10. The van der Waals surface area contributed by atoms with E-state index in [1.807, 2.05) is 0 Å². The summed E-state index contributed by atoms with van der Waals surface area (Å²) >= 11 is 0. The molecule has 2 aliphatic rings. The molecule has 1 saturated heterocycles. The van der Waals surface area contributed by atoms with E-state index >= 15 is 0 Å². The second kappa shape index (κ2) is 11.9. The highest BCUT2D eigenvalue weighted by atomic mass is 32.2. The summed E-state index contributed by atoms with van der Waals surface area (Å²) in [6.07, 6.45) is 5.66. The number of hydrogen-bond donors (Lipinski definition) is 3. The first-order valence-corrected chi connectivity index (χ1v) is 15.7. The molecule has 0 bridgehead atoms. The van der Waals surface area contributed by atoms with Gasteiger partial charge in [0.2, 0.25) is 5.91 Å². The van der Waals surface area contributed by atoms with Gasteiger partial charge in [0.15, 0.2) is 9.84 Å². The van der Waals surface area contributed by atoms with Gasteiger partial charge in [-0.15, -0.1) is 0 Å². The molecule has 1 aromatic carbocycles. The molecule has 1 amide bonds. The maximum absolute atomic E-state index is 13.3. The molecule has 3 atom stereocenters. The van der Waals surface area contributed by atoms with Gasteiger partial charge in [-0.1, -0.05) is 12.1 Å². The van der Waals surface area contributed by atoms with Gasteiger partial charge < -0.3 is 10.6 Å². The van der Waals surface area contributed by atoms with Gasteiger partial charge in [0.05, 0.1) is 23.8 Å². The van der Waals surface area contributed by atoms with Crippen molar-refractivity contribution in [2.75, 3.05) is 26.0 Å². The zero-order chi connectivity index (χ0) is 27.3. The summed E-state index contributed by atoms with van der Waals surface area (Å²) in [6.45, 7) is 0.894.